The van der Waals surface area contributed by atoms with Crippen molar-refractivity contribution in [2.45, 2.75) is 6.92 Å². The molecule has 0 saturated carbocycles. The van der Waals surface area contributed by atoms with E-state index in [1.165, 1.54) is 0 Å². The van der Waals surface area contributed by atoms with Gasteiger partial charge < -0.3 is 15.9 Å². The van der Waals surface area contributed by atoms with Crippen LogP contribution >= 0.6 is 0 Å². The number of hydrazone groups is 1. The number of benzene rings is 1. The summed E-state index contributed by atoms with van der Waals surface area (Å²) in [5.41, 5.74) is 2.23. The van der Waals surface area contributed by atoms with Crippen LogP contribution in [0.5, 0.6) is 5.75 Å². The highest BCUT2D eigenvalue weighted by Gasteiger charge is 2.16. The van der Waals surface area contributed by atoms with Crippen molar-refractivity contribution in [1.82, 2.24) is 0 Å². The summed E-state index contributed by atoms with van der Waals surface area (Å²) in [5, 5.41) is 6.31. The molecule has 0 aromatic heterocycles. The van der Waals surface area contributed by atoms with Crippen LogP contribution in [0.25, 0.3) is 0 Å². The summed E-state index contributed by atoms with van der Waals surface area (Å²) in [7, 11) is 0. The fourth-order valence-corrected chi connectivity index (χ4v) is 1.38. The van der Waals surface area contributed by atoms with Gasteiger partial charge in [0.15, 0.2) is 6.61 Å². The van der Waals surface area contributed by atoms with Gasteiger partial charge in [-0.1, -0.05) is 0 Å². The number of amides is 1. The summed E-state index contributed by atoms with van der Waals surface area (Å²) in [6.45, 7) is 1.86. The number of nitrogens with two attached hydrogens (primary N) is 1. The van der Waals surface area contributed by atoms with Gasteiger partial charge in [0.05, 0.1) is 11.4 Å². The van der Waals surface area contributed by atoms with Gasteiger partial charge in [0.1, 0.15) is 5.75 Å². The molecule has 1 aromatic carbocycles. The van der Waals surface area contributed by atoms with Crippen molar-refractivity contribution in [3.8, 4) is 5.75 Å². The number of hydrogen-bond donors (Lipinski definition) is 2. The third-order valence-corrected chi connectivity index (χ3v) is 2.22. The molecule has 5 nitrogen and oxygen atoms in total. The Kier molecular flexibility index (Phi) is 2.29. The van der Waals surface area contributed by atoms with Crippen LogP contribution < -0.4 is 15.9 Å². The molecule has 2 rings (SSSR count). The van der Waals surface area contributed by atoms with Gasteiger partial charge >= 0.3 is 0 Å². The van der Waals surface area contributed by atoms with Gasteiger partial charge in [-0.15, -0.1) is 0 Å². The Balaban J connectivity index is 2.41. The van der Waals surface area contributed by atoms with Gasteiger partial charge in [-0.25, -0.2) is 0 Å². The van der Waals surface area contributed by atoms with E-state index >= 15 is 0 Å². The van der Waals surface area contributed by atoms with E-state index in [1.54, 1.807) is 19.1 Å². The van der Waals surface area contributed by atoms with E-state index in [1.807, 2.05) is 6.07 Å². The molecule has 1 heterocycles. The first-order valence-electron chi connectivity index (χ1n) is 4.52. The van der Waals surface area contributed by atoms with E-state index in [-0.39, 0.29) is 12.5 Å². The van der Waals surface area contributed by atoms with Crippen LogP contribution in [0, 0.1) is 0 Å². The minimum atomic E-state index is -0.151. The first kappa shape index (κ1) is 9.51. The maximum atomic E-state index is 11.1. The van der Waals surface area contributed by atoms with E-state index in [0.29, 0.717) is 17.1 Å². The standard InChI is InChI=1S/C10H11N3O2/c1-6(13-11)7-2-3-9-8(4-7)12-10(14)5-15-9/h2-4H,5,11H2,1H3,(H,12,14)/b13-6-. The van der Waals surface area contributed by atoms with Crippen molar-refractivity contribution in [3.05, 3.63) is 23.8 Å². The average Bonchev–Trinajstić information content (AvgIpc) is 2.27. The molecule has 1 aromatic rings. The monoisotopic (exact) mass is 205 g/mol. The highest BCUT2D eigenvalue weighted by atomic mass is 16.5. The quantitative estimate of drug-likeness (QED) is 0.402. The van der Waals surface area contributed by atoms with Crippen LogP contribution in [-0.4, -0.2) is 18.2 Å². The van der Waals surface area contributed by atoms with Crippen molar-refractivity contribution in [2.75, 3.05) is 11.9 Å². The van der Waals surface area contributed by atoms with E-state index in [4.69, 9.17) is 10.6 Å². The van der Waals surface area contributed by atoms with E-state index in [9.17, 15) is 4.79 Å². The Morgan fingerprint density at radius 2 is 2.40 bits per heavy atom. The third kappa shape index (κ3) is 1.76. The SMILES string of the molecule is C/C(=N/N)c1ccc2c(c1)NC(=O)CO2. The maximum Gasteiger partial charge on any atom is 0.262 e. The molecular weight excluding hydrogens is 194 g/mol. The Bertz CT molecular complexity index is 440. The number of nitrogens with zero attached hydrogens (tertiary/aromatic N) is 1. The maximum absolute atomic E-state index is 11.1. The third-order valence-electron chi connectivity index (χ3n) is 2.22. The number of anilines is 1. The predicted octanol–water partition coefficient (Wildman–Crippen LogP) is 0.700. The first-order chi connectivity index (χ1) is 7.20. The highest BCUT2D eigenvalue weighted by Crippen LogP contribution is 2.28. The molecule has 0 atom stereocenters. The van der Waals surface area contributed by atoms with Crippen molar-refractivity contribution < 1.29 is 9.53 Å². The molecule has 0 unspecified atom stereocenters. The zero-order valence-electron chi connectivity index (χ0n) is 8.28. The van der Waals surface area contributed by atoms with E-state index in [2.05, 4.69) is 10.4 Å². The molecule has 0 spiro atoms. The van der Waals surface area contributed by atoms with Gasteiger partial charge in [0, 0.05) is 0 Å². The van der Waals surface area contributed by atoms with E-state index < -0.39 is 0 Å². The predicted molar refractivity (Wildman–Crippen MR) is 57.0 cm³/mol. The topological polar surface area (TPSA) is 76.7 Å². The molecule has 78 valence electrons. The molecule has 5 heteroatoms. The van der Waals surface area contributed by atoms with Crippen molar-refractivity contribution in [3.63, 3.8) is 0 Å². The number of hydrogen-bond acceptors (Lipinski definition) is 4. The lowest BCUT2D eigenvalue weighted by Crippen LogP contribution is -2.25. The van der Waals surface area contributed by atoms with Gasteiger partial charge in [-0.3, -0.25) is 4.79 Å². The first-order valence-corrected chi connectivity index (χ1v) is 4.52. The fourth-order valence-electron chi connectivity index (χ4n) is 1.38. The van der Waals surface area contributed by atoms with Crippen LogP contribution in [0.15, 0.2) is 23.3 Å². The molecule has 0 radical (unpaired) electrons. The summed E-state index contributed by atoms with van der Waals surface area (Å²) >= 11 is 0. The number of nitrogens with one attached hydrogen (secondary N) is 1. The van der Waals surface area contributed by atoms with E-state index in [0.717, 1.165) is 5.56 Å². The smallest absolute Gasteiger partial charge is 0.262 e. The van der Waals surface area contributed by atoms with Crippen LogP contribution in [0.3, 0.4) is 0 Å². The number of carbonyl (C=O) groups excluding carboxylic acids is 1. The van der Waals surface area contributed by atoms with Crippen molar-refractivity contribution >= 4 is 17.3 Å². The molecule has 0 fully saturated rings. The number of ether oxygens (including phenoxy) is 1. The Morgan fingerprint density at radius 1 is 1.60 bits per heavy atom. The van der Waals surface area contributed by atoms with Crippen molar-refractivity contribution in [1.29, 1.82) is 0 Å². The summed E-state index contributed by atoms with van der Waals surface area (Å²) < 4.78 is 5.22. The van der Waals surface area contributed by atoms with Crippen LogP contribution in [0.1, 0.15) is 12.5 Å². The van der Waals surface area contributed by atoms with Crippen LogP contribution in [0.4, 0.5) is 5.69 Å². The van der Waals surface area contributed by atoms with Gasteiger partial charge in [-0.05, 0) is 30.7 Å². The Hall–Kier alpha value is -2.04. The molecular formula is C10H11N3O2. The Morgan fingerprint density at radius 3 is 3.13 bits per heavy atom. The second-order valence-corrected chi connectivity index (χ2v) is 3.26. The molecule has 1 aliphatic heterocycles. The lowest BCUT2D eigenvalue weighted by Gasteiger charge is -2.18. The molecule has 1 amide bonds. The molecule has 1 aliphatic rings. The average molecular weight is 205 g/mol. The van der Waals surface area contributed by atoms with Crippen molar-refractivity contribution in [2.24, 2.45) is 10.9 Å². The second-order valence-electron chi connectivity index (χ2n) is 3.26. The molecule has 15 heavy (non-hydrogen) atoms. The molecule has 3 N–H and O–H groups in total. The normalized spacial score (nSPS) is 15.3. The lowest BCUT2D eigenvalue weighted by molar-refractivity contribution is -0.118. The number of fused-ring (bicyclic) bond motifs is 1. The van der Waals surface area contributed by atoms with Crippen LogP contribution in [0.2, 0.25) is 0 Å². The van der Waals surface area contributed by atoms with Crippen LogP contribution in [-0.2, 0) is 4.79 Å². The van der Waals surface area contributed by atoms with Gasteiger partial charge in [0.25, 0.3) is 5.91 Å². The summed E-state index contributed by atoms with van der Waals surface area (Å²) in [4.78, 5) is 11.1. The zero-order chi connectivity index (χ0) is 10.8. The van der Waals surface area contributed by atoms with Gasteiger partial charge in [0.2, 0.25) is 0 Å². The highest BCUT2D eigenvalue weighted by molar-refractivity contribution is 6.02. The zero-order valence-corrected chi connectivity index (χ0v) is 8.28. The number of rotatable bonds is 1. The largest absolute Gasteiger partial charge is 0.482 e. The fraction of sp³-hybridized carbons (Fsp3) is 0.200. The van der Waals surface area contributed by atoms with Gasteiger partial charge in [-0.2, -0.15) is 5.10 Å². The number of carbonyl (C=O) groups is 1. The minimum Gasteiger partial charge on any atom is -0.482 e. The summed E-state index contributed by atoms with van der Waals surface area (Å²) in [6.07, 6.45) is 0. The minimum absolute atomic E-state index is 0.0658. The summed E-state index contributed by atoms with van der Waals surface area (Å²) in [6, 6.07) is 5.43. The Labute approximate surface area is 86.9 Å². The lowest BCUT2D eigenvalue weighted by atomic mass is 10.1. The molecule has 0 bridgehead atoms. The summed E-state index contributed by atoms with van der Waals surface area (Å²) in [5.74, 6) is 5.70. The second kappa shape index (κ2) is 3.61. The molecule has 0 aliphatic carbocycles. The molecule has 0 saturated heterocycles.